The lowest BCUT2D eigenvalue weighted by Gasteiger charge is -2.18. The third-order valence-corrected chi connectivity index (χ3v) is 5.02. The van der Waals surface area contributed by atoms with Crippen molar-refractivity contribution in [3.8, 4) is 0 Å². The number of carbonyl (C=O) groups is 2. The molecule has 0 fully saturated rings. The van der Waals surface area contributed by atoms with Crippen LogP contribution in [0.1, 0.15) is 40.7 Å². The molecule has 5 nitrogen and oxygen atoms in total. The standard InChI is InChI=1S/C21H24ClN3O2.ClH/c22-18-6-2-1-5-15(18)10-12-23-11-4-3-7-20(26)16-8-9-19-17(13-16)14-24-21(27)25-19;/h1-2,5-6,8-9,13,23H,3-4,7,10-12,14H2,(H2,24,25,27);1H. The van der Waals surface area contributed by atoms with Crippen LogP contribution in [0.25, 0.3) is 0 Å². The van der Waals surface area contributed by atoms with E-state index in [1.807, 2.05) is 30.3 Å². The molecule has 2 aromatic carbocycles. The lowest BCUT2D eigenvalue weighted by molar-refractivity contribution is 0.0979. The molecule has 0 aromatic heterocycles. The molecule has 1 aliphatic rings. The fourth-order valence-electron chi connectivity index (χ4n) is 3.11. The molecule has 150 valence electrons. The molecule has 0 aliphatic carbocycles. The molecule has 0 saturated carbocycles. The number of hydrogen-bond acceptors (Lipinski definition) is 3. The second-order valence-corrected chi connectivity index (χ2v) is 7.06. The summed E-state index contributed by atoms with van der Waals surface area (Å²) in [6.07, 6.45) is 3.24. The third kappa shape index (κ3) is 6.23. The van der Waals surface area contributed by atoms with Gasteiger partial charge in [-0.15, -0.1) is 12.4 Å². The van der Waals surface area contributed by atoms with Gasteiger partial charge in [0.15, 0.2) is 5.78 Å². The van der Waals surface area contributed by atoms with Gasteiger partial charge in [-0.25, -0.2) is 4.79 Å². The van der Waals surface area contributed by atoms with Crippen molar-refractivity contribution in [1.29, 1.82) is 0 Å². The lowest BCUT2D eigenvalue weighted by Crippen LogP contribution is -2.33. The summed E-state index contributed by atoms with van der Waals surface area (Å²) in [5.41, 5.74) is 3.58. The maximum Gasteiger partial charge on any atom is 0.319 e. The second-order valence-electron chi connectivity index (χ2n) is 6.65. The highest BCUT2D eigenvalue weighted by Gasteiger charge is 2.15. The molecule has 28 heavy (non-hydrogen) atoms. The van der Waals surface area contributed by atoms with E-state index in [1.165, 1.54) is 0 Å². The van der Waals surface area contributed by atoms with Crippen LogP contribution in [0.4, 0.5) is 10.5 Å². The number of ketones is 1. The quantitative estimate of drug-likeness (QED) is 0.409. The molecular weight excluding hydrogens is 397 g/mol. The zero-order valence-corrected chi connectivity index (χ0v) is 17.2. The molecular formula is C21H25Cl2N3O2. The summed E-state index contributed by atoms with van der Waals surface area (Å²) in [5, 5.41) is 9.66. The van der Waals surface area contributed by atoms with Crippen LogP contribution in [0.2, 0.25) is 5.02 Å². The second kappa shape index (κ2) is 11.1. The summed E-state index contributed by atoms with van der Waals surface area (Å²) < 4.78 is 0. The number of urea groups is 1. The van der Waals surface area contributed by atoms with Gasteiger partial charge in [0.05, 0.1) is 0 Å². The fourth-order valence-corrected chi connectivity index (χ4v) is 3.34. The lowest BCUT2D eigenvalue weighted by atomic mass is 10.0. The van der Waals surface area contributed by atoms with Crippen LogP contribution in [-0.2, 0) is 13.0 Å². The number of anilines is 1. The predicted molar refractivity (Wildman–Crippen MR) is 116 cm³/mol. The van der Waals surface area contributed by atoms with Crippen LogP contribution in [0.15, 0.2) is 42.5 Å². The summed E-state index contributed by atoms with van der Waals surface area (Å²) in [7, 11) is 0. The number of amides is 2. The van der Waals surface area contributed by atoms with Crippen LogP contribution >= 0.6 is 24.0 Å². The van der Waals surface area contributed by atoms with Crippen molar-refractivity contribution < 1.29 is 9.59 Å². The van der Waals surface area contributed by atoms with Gasteiger partial charge in [-0.2, -0.15) is 0 Å². The van der Waals surface area contributed by atoms with E-state index in [1.54, 1.807) is 12.1 Å². The zero-order chi connectivity index (χ0) is 19.1. The molecule has 3 N–H and O–H groups in total. The molecule has 7 heteroatoms. The number of Topliss-reactive ketones (excluding diaryl/α,β-unsaturated/α-hetero) is 1. The topological polar surface area (TPSA) is 70.2 Å². The Morgan fingerprint density at radius 2 is 1.93 bits per heavy atom. The van der Waals surface area contributed by atoms with Gasteiger partial charge in [0, 0.05) is 29.2 Å². The van der Waals surface area contributed by atoms with E-state index in [2.05, 4.69) is 16.0 Å². The van der Waals surface area contributed by atoms with Crippen molar-refractivity contribution in [3.63, 3.8) is 0 Å². The Bertz CT molecular complexity index is 827. The van der Waals surface area contributed by atoms with Crippen molar-refractivity contribution in [2.45, 2.75) is 32.2 Å². The third-order valence-electron chi connectivity index (χ3n) is 4.65. The van der Waals surface area contributed by atoms with Crippen LogP contribution in [0.5, 0.6) is 0 Å². The normalized spacial score (nSPS) is 12.4. The van der Waals surface area contributed by atoms with Crippen molar-refractivity contribution >= 4 is 41.5 Å². The average Bonchev–Trinajstić information content (AvgIpc) is 2.68. The van der Waals surface area contributed by atoms with Crippen molar-refractivity contribution in [1.82, 2.24) is 10.6 Å². The molecule has 0 atom stereocenters. The molecule has 1 aliphatic heterocycles. The Morgan fingerprint density at radius 1 is 1.11 bits per heavy atom. The summed E-state index contributed by atoms with van der Waals surface area (Å²) >= 11 is 6.14. The number of carbonyl (C=O) groups excluding carboxylic acids is 2. The number of hydrogen-bond donors (Lipinski definition) is 3. The van der Waals surface area contributed by atoms with E-state index in [0.29, 0.717) is 18.5 Å². The first kappa shape index (κ1) is 22.2. The van der Waals surface area contributed by atoms with E-state index in [0.717, 1.165) is 54.2 Å². The summed E-state index contributed by atoms with van der Waals surface area (Å²) in [4.78, 5) is 23.7. The highest BCUT2D eigenvalue weighted by Crippen LogP contribution is 2.21. The maximum absolute atomic E-state index is 12.4. The van der Waals surface area contributed by atoms with Gasteiger partial charge < -0.3 is 16.0 Å². The Hall–Kier alpha value is -2.08. The maximum atomic E-state index is 12.4. The summed E-state index contributed by atoms with van der Waals surface area (Å²) in [6, 6.07) is 13.1. The monoisotopic (exact) mass is 421 g/mol. The highest BCUT2D eigenvalue weighted by molar-refractivity contribution is 6.31. The highest BCUT2D eigenvalue weighted by atomic mass is 35.5. The largest absolute Gasteiger partial charge is 0.334 e. The SMILES string of the molecule is Cl.O=C1NCc2cc(C(=O)CCCCNCCc3ccccc3Cl)ccc2N1. The van der Waals surface area contributed by atoms with Crippen LogP contribution < -0.4 is 16.0 Å². The molecule has 0 saturated heterocycles. The van der Waals surface area contributed by atoms with E-state index >= 15 is 0 Å². The number of benzene rings is 2. The minimum atomic E-state index is -0.205. The first-order chi connectivity index (χ1) is 13.1. The molecule has 3 rings (SSSR count). The molecule has 2 amide bonds. The fraction of sp³-hybridized carbons (Fsp3) is 0.333. The first-order valence-corrected chi connectivity index (χ1v) is 9.66. The van der Waals surface area contributed by atoms with Gasteiger partial charge in [-0.05, 0) is 67.7 Å². The minimum Gasteiger partial charge on any atom is -0.334 e. The summed E-state index contributed by atoms with van der Waals surface area (Å²) in [5.74, 6) is 0.144. The molecule has 0 unspecified atom stereocenters. The van der Waals surface area contributed by atoms with Crippen LogP contribution in [0, 0.1) is 0 Å². The van der Waals surface area contributed by atoms with Crippen LogP contribution in [0.3, 0.4) is 0 Å². The van der Waals surface area contributed by atoms with Crippen molar-refractivity contribution in [2.24, 2.45) is 0 Å². The van der Waals surface area contributed by atoms with Gasteiger partial charge in [0.1, 0.15) is 0 Å². The average molecular weight is 422 g/mol. The number of rotatable bonds is 9. The predicted octanol–water partition coefficient (Wildman–Crippen LogP) is 4.58. The Kier molecular flexibility index (Phi) is 8.77. The van der Waals surface area contributed by atoms with Gasteiger partial charge in [-0.1, -0.05) is 29.8 Å². The van der Waals surface area contributed by atoms with Gasteiger partial charge in [0.2, 0.25) is 0 Å². The van der Waals surface area contributed by atoms with E-state index in [9.17, 15) is 9.59 Å². The van der Waals surface area contributed by atoms with Crippen LogP contribution in [-0.4, -0.2) is 24.9 Å². The molecule has 1 heterocycles. The van der Waals surface area contributed by atoms with Gasteiger partial charge in [-0.3, -0.25) is 4.79 Å². The molecule has 0 bridgehead atoms. The number of fused-ring (bicyclic) bond motifs is 1. The minimum absolute atomic E-state index is 0. The van der Waals surface area contributed by atoms with E-state index in [4.69, 9.17) is 11.6 Å². The Labute approximate surface area is 176 Å². The molecule has 0 spiro atoms. The zero-order valence-electron chi connectivity index (χ0n) is 15.6. The first-order valence-electron chi connectivity index (χ1n) is 9.28. The Morgan fingerprint density at radius 3 is 2.75 bits per heavy atom. The van der Waals surface area contributed by atoms with E-state index in [-0.39, 0.29) is 24.2 Å². The number of unbranched alkanes of at least 4 members (excludes halogenated alkanes) is 1. The van der Waals surface area contributed by atoms with Gasteiger partial charge in [0.25, 0.3) is 0 Å². The summed E-state index contributed by atoms with van der Waals surface area (Å²) in [6.45, 7) is 2.22. The van der Waals surface area contributed by atoms with Crippen molar-refractivity contribution in [3.05, 3.63) is 64.2 Å². The molecule has 2 aromatic rings. The Balaban J connectivity index is 0.00000280. The van der Waals surface area contributed by atoms with E-state index < -0.39 is 0 Å². The van der Waals surface area contributed by atoms with Crippen molar-refractivity contribution in [2.75, 3.05) is 18.4 Å². The number of nitrogens with one attached hydrogen (secondary N) is 3. The number of halogens is 2. The molecule has 0 radical (unpaired) electrons. The smallest absolute Gasteiger partial charge is 0.319 e. The van der Waals surface area contributed by atoms with Gasteiger partial charge >= 0.3 is 6.03 Å².